The molecule has 1 aliphatic rings. The highest BCUT2D eigenvalue weighted by atomic mass is 32.1. The number of thiazole rings is 1. The molecule has 1 aliphatic carbocycles. The lowest BCUT2D eigenvalue weighted by atomic mass is 9.82. The van der Waals surface area contributed by atoms with E-state index in [4.69, 9.17) is 4.98 Å². The van der Waals surface area contributed by atoms with Crippen LogP contribution in [0.4, 0.5) is 5.82 Å². The molecular weight excluding hydrogens is 272 g/mol. The van der Waals surface area contributed by atoms with E-state index in [9.17, 15) is 5.11 Å². The summed E-state index contributed by atoms with van der Waals surface area (Å²) in [5.74, 6) is 1.67. The molecule has 0 saturated heterocycles. The van der Waals surface area contributed by atoms with E-state index in [-0.39, 0.29) is 6.10 Å². The van der Waals surface area contributed by atoms with Gasteiger partial charge in [-0.2, -0.15) is 0 Å². The zero-order valence-corrected chi connectivity index (χ0v) is 12.9. The molecule has 0 bridgehead atoms. The van der Waals surface area contributed by atoms with Crippen LogP contribution in [0.25, 0.3) is 4.96 Å². The summed E-state index contributed by atoms with van der Waals surface area (Å²) in [4.78, 5) is 8.05. The van der Waals surface area contributed by atoms with Gasteiger partial charge in [-0.3, -0.25) is 4.40 Å². The van der Waals surface area contributed by atoms with Crippen LogP contribution < -0.4 is 10.2 Å². The Kier molecular flexibility index (Phi) is 3.96. The van der Waals surface area contributed by atoms with Gasteiger partial charge in [0.15, 0.2) is 10.8 Å². The minimum absolute atomic E-state index is 0.0832. The van der Waals surface area contributed by atoms with Gasteiger partial charge < -0.3 is 15.3 Å². The largest absolute Gasteiger partial charge is 0.393 e. The number of anilines is 1. The van der Waals surface area contributed by atoms with Crippen LogP contribution in [0.2, 0.25) is 0 Å². The average molecular weight is 294 g/mol. The van der Waals surface area contributed by atoms with Gasteiger partial charge >= 0.3 is 0 Å². The first-order chi connectivity index (χ1) is 9.69. The van der Waals surface area contributed by atoms with Crippen molar-refractivity contribution in [2.45, 2.75) is 32.4 Å². The minimum Gasteiger partial charge on any atom is -0.393 e. The molecule has 0 amide bonds. The number of rotatable bonds is 6. The SMILES string of the molecule is CCNCc1c(N(C)CC2CC(O)C2)nc2sccn12. The van der Waals surface area contributed by atoms with E-state index in [0.29, 0.717) is 5.92 Å². The highest BCUT2D eigenvalue weighted by Gasteiger charge is 2.29. The fraction of sp³-hybridized carbons (Fsp3) is 0.643. The molecule has 2 aromatic rings. The molecule has 0 unspecified atom stereocenters. The maximum absolute atomic E-state index is 9.41. The van der Waals surface area contributed by atoms with E-state index in [1.54, 1.807) is 11.3 Å². The molecule has 0 radical (unpaired) electrons. The number of aromatic nitrogens is 2. The van der Waals surface area contributed by atoms with Crippen molar-refractivity contribution in [1.29, 1.82) is 0 Å². The predicted molar refractivity (Wildman–Crippen MR) is 82.5 cm³/mol. The zero-order chi connectivity index (χ0) is 14.1. The second kappa shape index (κ2) is 5.71. The van der Waals surface area contributed by atoms with Crippen LogP contribution in [-0.2, 0) is 6.54 Å². The molecule has 0 aliphatic heterocycles. The van der Waals surface area contributed by atoms with Crippen LogP contribution in [-0.4, -0.2) is 40.7 Å². The standard InChI is InChI=1S/C14H22N4OS/c1-3-15-8-12-13(16-14-18(12)4-5-20-14)17(2)9-10-6-11(19)7-10/h4-5,10-11,15,19H,3,6-9H2,1-2H3. The van der Waals surface area contributed by atoms with Gasteiger partial charge in [0.1, 0.15) is 0 Å². The summed E-state index contributed by atoms with van der Waals surface area (Å²) in [5, 5.41) is 14.9. The molecule has 2 heterocycles. The molecule has 5 nitrogen and oxygen atoms in total. The third-order valence-electron chi connectivity index (χ3n) is 3.99. The van der Waals surface area contributed by atoms with E-state index < -0.39 is 0 Å². The van der Waals surface area contributed by atoms with E-state index in [1.165, 1.54) is 5.69 Å². The highest BCUT2D eigenvalue weighted by molar-refractivity contribution is 7.15. The molecule has 110 valence electrons. The van der Waals surface area contributed by atoms with E-state index in [2.05, 4.69) is 40.2 Å². The second-order valence-corrected chi connectivity index (χ2v) is 6.46. The van der Waals surface area contributed by atoms with Gasteiger partial charge in [-0.05, 0) is 25.3 Å². The molecule has 3 rings (SSSR count). The van der Waals surface area contributed by atoms with Crippen molar-refractivity contribution in [3.05, 3.63) is 17.3 Å². The Bertz CT molecular complexity index is 573. The van der Waals surface area contributed by atoms with Gasteiger partial charge in [0, 0.05) is 31.7 Å². The van der Waals surface area contributed by atoms with Gasteiger partial charge in [-0.15, -0.1) is 11.3 Å². The summed E-state index contributed by atoms with van der Waals surface area (Å²) in [5.41, 5.74) is 1.23. The quantitative estimate of drug-likeness (QED) is 0.851. The molecular formula is C14H22N4OS. The fourth-order valence-electron chi connectivity index (χ4n) is 2.86. The molecule has 0 atom stereocenters. The number of aliphatic hydroxyl groups excluding tert-OH is 1. The lowest BCUT2D eigenvalue weighted by Crippen LogP contribution is -2.37. The summed E-state index contributed by atoms with van der Waals surface area (Å²) in [6.07, 6.45) is 3.86. The molecule has 0 aromatic carbocycles. The first-order valence-corrected chi connectivity index (χ1v) is 8.11. The highest BCUT2D eigenvalue weighted by Crippen LogP contribution is 2.30. The van der Waals surface area contributed by atoms with Gasteiger partial charge in [-0.25, -0.2) is 4.98 Å². The number of nitrogens with one attached hydrogen (secondary N) is 1. The Morgan fingerprint density at radius 3 is 3.05 bits per heavy atom. The Hall–Kier alpha value is -1.11. The normalized spacial score (nSPS) is 22.1. The molecule has 0 spiro atoms. The Balaban J connectivity index is 1.79. The smallest absolute Gasteiger partial charge is 0.195 e. The molecule has 2 aromatic heterocycles. The monoisotopic (exact) mass is 294 g/mol. The molecule has 20 heavy (non-hydrogen) atoms. The Labute approximate surface area is 123 Å². The van der Waals surface area contributed by atoms with Crippen molar-refractivity contribution >= 4 is 22.1 Å². The predicted octanol–water partition coefficient (Wildman–Crippen LogP) is 1.71. The van der Waals surface area contributed by atoms with Gasteiger partial charge in [-0.1, -0.05) is 6.92 Å². The van der Waals surface area contributed by atoms with Crippen molar-refractivity contribution in [2.75, 3.05) is 25.0 Å². The van der Waals surface area contributed by atoms with Crippen molar-refractivity contribution < 1.29 is 5.11 Å². The maximum Gasteiger partial charge on any atom is 0.195 e. The summed E-state index contributed by atoms with van der Waals surface area (Å²) in [7, 11) is 2.10. The van der Waals surface area contributed by atoms with E-state index in [0.717, 1.165) is 43.3 Å². The Morgan fingerprint density at radius 2 is 2.35 bits per heavy atom. The molecule has 1 saturated carbocycles. The number of nitrogens with zero attached hydrogens (tertiary/aromatic N) is 3. The van der Waals surface area contributed by atoms with E-state index in [1.807, 2.05) is 0 Å². The Morgan fingerprint density at radius 1 is 1.55 bits per heavy atom. The topological polar surface area (TPSA) is 52.8 Å². The lowest BCUT2D eigenvalue weighted by molar-refractivity contribution is 0.0464. The third kappa shape index (κ3) is 2.55. The van der Waals surface area contributed by atoms with Crippen LogP contribution >= 0.6 is 11.3 Å². The van der Waals surface area contributed by atoms with Gasteiger partial charge in [0.05, 0.1) is 11.8 Å². The van der Waals surface area contributed by atoms with Crippen molar-refractivity contribution in [3.8, 4) is 0 Å². The maximum atomic E-state index is 9.41. The van der Waals surface area contributed by atoms with Crippen molar-refractivity contribution in [1.82, 2.24) is 14.7 Å². The number of imidazole rings is 1. The number of aliphatic hydroxyl groups is 1. The minimum atomic E-state index is -0.0832. The first kappa shape index (κ1) is 13.9. The zero-order valence-electron chi connectivity index (χ0n) is 12.0. The number of hydrogen-bond donors (Lipinski definition) is 2. The van der Waals surface area contributed by atoms with Crippen molar-refractivity contribution in [3.63, 3.8) is 0 Å². The van der Waals surface area contributed by atoms with Crippen molar-refractivity contribution in [2.24, 2.45) is 5.92 Å². The number of hydrogen-bond acceptors (Lipinski definition) is 5. The lowest BCUT2D eigenvalue weighted by Gasteiger charge is -2.34. The van der Waals surface area contributed by atoms with Crippen LogP contribution in [0.3, 0.4) is 0 Å². The van der Waals surface area contributed by atoms with Crippen LogP contribution in [0.5, 0.6) is 0 Å². The van der Waals surface area contributed by atoms with Crippen LogP contribution in [0.15, 0.2) is 11.6 Å². The third-order valence-corrected chi connectivity index (χ3v) is 4.74. The summed E-state index contributed by atoms with van der Waals surface area (Å²) in [6.45, 7) is 4.88. The summed E-state index contributed by atoms with van der Waals surface area (Å²) >= 11 is 1.67. The summed E-state index contributed by atoms with van der Waals surface area (Å²) < 4.78 is 2.18. The van der Waals surface area contributed by atoms with Gasteiger partial charge in [0.25, 0.3) is 0 Å². The second-order valence-electron chi connectivity index (χ2n) is 5.59. The van der Waals surface area contributed by atoms with Gasteiger partial charge in [0.2, 0.25) is 0 Å². The summed E-state index contributed by atoms with van der Waals surface area (Å²) in [6, 6.07) is 0. The fourth-order valence-corrected chi connectivity index (χ4v) is 3.59. The van der Waals surface area contributed by atoms with Crippen LogP contribution in [0.1, 0.15) is 25.5 Å². The molecule has 1 fully saturated rings. The number of fused-ring (bicyclic) bond motifs is 1. The molecule has 2 N–H and O–H groups in total. The van der Waals surface area contributed by atoms with Crippen LogP contribution in [0, 0.1) is 5.92 Å². The first-order valence-electron chi connectivity index (χ1n) is 7.23. The van der Waals surface area contributed by atoms with E-state index >= 15 is 0 Å². The molecule has 6 heteroatoms. The average Bonchev–Trinajstić information content (AvgIpc) is 2.95.